The zero-order valence-electron chi connectivity index (χ0n) is 22.4. The second kappa shape index (κ2) is 8.29. The number of benzene rings is 4. The van der Waals surface area contributed by atoms with E-state index in [1.54, 1.807) is 0 Å². The quantitative estimate of drug-likeness (QED) is 0.233. The van der Waals surface area contributed by atoms with Gasteiger partial charge in [-0.2, -0.15) is 0 Å². The fraction of sp³-hybridized carbons (Fsp3) is 0.294. The third-order valence-electron chi connectivity index (χ3n) is 9.83. The first-order valence-electron chi connectivity index (χ1n) is 13.5. The average molecular weight is 503 g/mol. The zero-order valence-corrected chi connectivity index (χ0v) is 22.4. The smallest absolute Gasteiger partial charge is 0.0314 e. The molecule has 194 valence electrons. The van der Waals surface area contributed by atoms with E-state index in [9.17, 15) is 0 Å². The van der Waals surface area contributed by atoms with Crippen LogP contribution in [-0.2, 0) is 21.7 Å². The van der Waals surface area contributed by atoms with Crippen LogP contribution in [-0.4, -0.2) is 0 Å². The third-order valence-corrected chi connectivity index (χ3v) is 9.83. The standard InChI is InChI=1S/C34H38N4/c1-31(23-3-11-27(35)12-4-23)19-33(25-7-15-29(37)16-8-25)21-32(2,24-5-13-28(36)14-6-24)22-34(33,20-31)26-9-17-30(38)18-10-26/h3-18H,19-22,35-38H2,1-2H3. The highest BCUT2D eigenvalue weighted by Gasteiger charge is 2.70. The summed E-state index contributed by atoms with van der Waals surface area (Å²) in [5, 5.41) is 0. The Bertz CT molecular complexity index is 1320. The maximum Gasteiger partial charge on any atom is 0.0314 e. The minimum atomic E-state index is -0.108. The molecule has 2 aliphatic carbocycles. The summed E-state index contributed by atoms with van der Waals surface area (Å²) >= 11 is 0. The van der Waals surface area contributed by atoms with Gasteiger partial charge in [-0.15, -0.1) is 0 Å². The van der Waals surface area contributed by atoms with Crippen LogP contribution in [0.3, 0.4) is 0 Å². The van der Waals surface area contributed by atoms with E-state index in [-0.39, 0.29) is 21.7 Å². The van der Waals surface area contributed by atoms with Crippen LogP contribution in [0.15, 0.2) is 97.1 Å². The molecule has 4 aromatic carbocycles. The Balaban J connectivity index is 1.61. The van der Waals surface area contributed by atoms with Crippen molar-refractivity contribution in [2.24, 2.45) is 0 Å². The molecule has 4 heteroatoms. The summed E-state index contributed by atoms with van der Waals surface area (Å²) in [6, 6.07) is 34.4. The van der Waals surface area contributed by atoms with E-state index >= 15 is 0 Å². The monoisotopic (exact) mass is 502 g/mol. The van der Waals surface area contributed by atoms with Crippen LogP contribution in [0, 0.1) is 0 Å². The van der Waals surface area contributed by atoms with Crippen molar-refractivity contribution in [2.75, 3.05) is 22.9 Å². The minimum absolute atomic E-state index is 0.0289. The first-order chi connectivity index (χ1) is 18.1. The third kappa shape index (κ3) is 3.58. The van der Waals surface area contributed by atoms with Crippen molar-refractivity contribution in [3.05, 3.63) is 119 Å². The largest absolute Gasteiger partial charge is 0.399 e. The molecular formula is C34H38N4. The molecule has 4 aromatic rings. The van der Waals surface area contributed by atoms with E-state index in [0.717, 1.165) is 48.4 Å². The molecule has 0 radical (unpaired) electrons. The maximum atomic E-state index is 6.20. The fourth-order valence-electron chi connectivity index (χ4n) is 8.34. The van der Waals surface area contributed by atoms with E-state index in [2.05, 4.69) is 86.6 Å². The van der Waals surface area contributed by atoms with Gasteiger partial charge in [0.05, 0.1) is 0 Å². The van der Waals surface area contributed by atoms with Crippen LogP contribution in [0.2, 0.25) is 0 Å². The van der Waals surface area contributed by atoms with Crippen LogP contribution in [0.25, 0.3) is 0 Å². The molecule has 0 unspecified atom stereocenters. The molecule has 8 N–H and O–H groups in total. The van der Waals surface area contributed by atoms with Crippen LogP contribution in [0.4, 0.5) is 22.7 Å². The molecule has 38 heavy (non-hydrogen) atoms. The van der Waals surface area contributed by atoms with E-state index in [0.29, 0.717) is 0 Å². The highest BCUT2D eigenvalue weighted by molar-refractivity contribution is 5.56. The van der Waals surface area contributed by atoms with Crippen molar-refractivity contribution in [1.29, 1.82) is 0 Å². The van der Waals surface area contributed by atoms with Crippen molar-refractivity contribution in [1.82, 2.24) is 0 Å². The molecule has 2 aliphatic rings. The molecule has 0 aliphatic heterocycles. The molecule has 0 atom stereocenters. The van der Waals surface area contributed by atoms with Gasteiger partial charge in [0.15, 0.2) is 0 Å². The molecule has 0 spiro atoms. The van der Waals surface area contributed by atoms with E-state index in [4.69, 9.17) is 22.9 Å². The molecule has 2 fully saturated rings. The van der Waals surface area contributed by atoms with Gasteiger partial charge in [-0.05, 0) is 107 Å². The van der Waals surface area contributed by atoms with Crippen molar-refractivity contribution < 1.29 is 0 Å². The lowest BCUT2D eigenvalue weighted by Crippen LogP contribution is -2.40. The predicted octanol–water partition coefficient (Wildman–Crippen LogP) is 6.69. The van der Waals surface area contributed by atoms with Gasteiger partial charge in [0.25, 0.3) is 0 Å². The molecule has 0 amide bonds. The maximum absolute atomic E-state index is 6.20. The summed E-state index contributed by atoms with van der Waals surface area (Å²) in [7, 11) is 0. The lowest BCUT2D eigenvalue weighted by Gasteiger charge is -2.42. The van der Waals surface area contributed by atoms with E-state index in [1.807, 2.05) is 24.3 Å². The number of fused-ring (bicyclic) bond motifs is 1. The van der Waals surface area contributed by atoms with Gasteiger partial charge in [-0.1, -0.05) is 62.4 Å². The van der Waals surface area contributed by atoms with Crippen molar-refractivity contribution in [2.45, 2.75) is 61.2 Å². The number of anilines is 4. The number of nitrogens with two attached hydrogens (primary N) is 4. The normalized spacial score (nSPS) is 30.3. The second-order valence-electron chi connectivity index (χ2n) is 12.5. The van der Waals surface area contributed by atoms with Crippen LogP contribution in [0.5, 0.6) is 0 Å². The van der Waals surface area contributed by atoms with Gasteiger partial charge in [-0.25, -0.2) is 0 Å². The minimum Gasteiger partial charge on any atom is -0.399 e. The number of nitrogen functional groups attached to an aromatic ring is 4. The molecule has 0 aromatic heterocycles. The molecule has 2 saturated carbocycles. The fourth-order valence-corrected chi connectivity index (χ4v) is 8.34. The zero-order chi connectivity index (χ0) is 26.8. The lowest BCUT2D eigenvalue weighted by atomic mass is 9.61. The lowest BCUT2D eigenvalue weighted by molar-refractivity contribution is 0.303. The highest BCUT2D eigenvalue weighted by atomic mass is 14.7. The van der Waals surface area contributed by atoms with Crippen LogP contribution >= 0.6 is 0 Å². The summed E-state index contributed by atoms with van der Waals surface area (Å²) in [6.07, 6.45) is 4.12. The molecule has 0 heterocycles. The Morgan fingerprint density at radius 2 is 0.579 bits per heavy atom. The summed E-state index contributed by atoms with van der Waals surface area (Å²) in [5.74, 6) is 0. The van der Waals surface area contributed by atoms with E-state index in [1.165, 1.54) is 22.3 Å². The van der Waals surface area contributed by atoms with Crippen molar-refractivity contribution >= 4 is 22.7 Å². The Morgan fingerprint density at radius 1 is 0.368 bits per heavy atom. The van der Waals surface area contributed by atoms with Gasteiger partial charge in [-0.3, -0.25) is 0 Å². The van der Waals surface area contributed by atoms with Crippen molar-refractivity contribution in [3.63, 3.8) is 0 Å². The Kier molecular flexibility index (Phi) is 5.33. The second-order valence-corrected chi connectivity index (χ2v) is 12.5. The molecule has 0 saturated heterocycles. The van der Waals surface area contributed by atoms with Crippen LogP contribution < -0.4 is 22.9 Å². The predicted molar refractivity (Wildman–Crippen MR) is 160 cm³/mol. The molecule has 6 rings (SSSR count). The average Bonchev–Trinajstić information content (AvgIpc) is 3.29. The first kappa shape index (κ1) is 24.4. The Labute approximate surface area is 226 Å². The van der Waals surface area contributed by atoms with Gasteiger partial charge in [0.1, 0.15) is 0 Å². The molecule has 4 nitrogen and oxygen atoms in total. The summed E-state index contributed by atoms with van der Waals surface area (Å²) in [5.41, 5.74) is 32.9. The SMILES string of the molecule is CC1(c2ccc(N)cc2)CC2(c3ccc(N)cc3)CC(C)(c3ccc(N)cc3)CC2(c2ccc(N)cc2)C1. The topological polar surface area (TPSA) is 104 Å². The van der Waals surface area contributed by atoms with E-state index < -0.39 is 0 Å². The number of hydrogen-bond acceptors (Lipinski definition) is 4. The van der Waals surface area contributed by atoms with Gasteiger partial charge < -0.3 is 22.9 Å². The van der Waals surface area contributed by atoms with Crippen LogP contribution in [0.1, 0.15) is 61.8 Å². The summed E-state index contributed by atoms with van der Waals surface area (Å²) in [4.78, 5) is 0. The summed E-state index contributed by atoms with van der Waals surface area (Å²) in [6.45, 7) is 4.88. The van der Waals surface area contributed by atoms with Crippen molar-refractivity contribution in [3.8, 4) is 0 Å². The Hall–Kier alpha value is -3.92. The molecular weight excluding hydrogens is 464 g/mol. The molecule has 0 bridgehead atoms. The first-order valence-corrected chi connectivity index (χ1v) is 13.5. The van der Waals surface area contributed by atoms with Gasteiger partial charge >= 0.3 is 0 Å². The van der Waals surface area contributed by atoms with Gasteiger partial charge in [0, 0.05) is 33.6 Å². The number of rotatable bonds is 4. The number of hydrogen-bond donors (Lipinski definition) is 4. The Morgan fingerprint density at radius 3 is 0.816 bits per heavy atom. The highest BCUT2D eigenvalue weighted by Crippen LogP contribution is 2.73. The van der Waals surface area contributed by atoms with Gasteiger partial charge in [0.2, 0.25) is 0 Å². The summed E-state index contributed by atoms with van der Waals surface area (Å²) < 4.78 is 0.